The average molecular weight is 560 g/mol. The lowest BCUT2D eigenvalue weighted by molar-refractivity contribution is -0.160. The lowest BCUT2D eigenvalue weighted by Crippen LogP contribution is -2.39. The molecule has 3 rings (SSSR count). The summed E-state index contributed by atoms with van der Waals surface area (Å²) in [6, 6.07) is 15.0. The number of benzene rings is 3. The van der Waals surface area contributed by atoms with E-state index in [2.05, 4.69) is 15.9 Å². The summed E-state index contributed by atoms with van der Waals surface area (Å²) in [5.74, 6) is -0.860. The van der Waals surface area contributed by atoms with Gasteiger partial charge in [0.1, 0.15) is 18.2 Å². The number of halogens is 5. The van der Waals surface area contributed by atoms with Crippen LogP contribution in [-0.4, -0.2) is 28.6 Å². The first-order valence-corrected chi connectivity index (χ1v) is 11.7. The fraction of sp³-hybridized carbons (Fsp3) is 0.125. The second-order valence-corrected chi connectivity index (χ2v) is 7.38. The van der Waals surface area contributed by atoms with Crippen molar-refractivity contribution in [3.05, 3.63) is 111 Å². The van der Waals surface area contributed by atoms with Gasteiger partial charge in [0.2, 0.25) is 5.60 Å². The molecule has 0 unspecified atom stereocenters. The first-order valence-electron chi connectivity index (χ1n) is 9.34. The van der Waals surface area contributed by atoms with Crippen LogP contribution in [0.4, 0.5) is 8.78 Å². The number of carbonyl (C=O) groups is 1. The molecule has 0 spiro atoms. The van der Waals surface area contributed by atoms with Crippen molar-refractivity contribution in [1.29, 1.82) is 0 Å². The van der Waals surface area contributed by atoms with Crippen LogP contribution in [0, 0.1) is 11.6 Å². The molecule has 0 heterocycles. The Balaban J connectivity index is 0.00000187. The average Bonchev–Trinajstić information content (AvgIpc) is 2.84. The van der Waals surface area contributed by atoms with Gasteiger partial charge in [0.15, 0.2) is 0 Å². The molecular formula is C24H19BrCl2F2O4. The molecular weight excluding hydrogens is 541 g/mol. The zero-order valence-corrected chi connectivity index (χ0v) is 20.3. The maximum absolute atomic E-state index is 13.7. The molecule has 33 heavy (non-hydrogen) atoms. The molecule has 0 amide bonds. The highest BCUT2D eigenvalue weighted by molar-refractivity contribution is 9.08. The van der Waals surface area contributed by atoms with Gasteiger partial charge < -0.3 is 14.9 Å². The van der Waals surface area contributed by atoms with Crippen LogP contribution >= 0.6 is 39.1 Å². The van der Waals surface area contributed by atoms with Crippen molar-refractivity contribution in [1.82, 2.24) is 0 Å². The van der Waals surface area contributed by atoms with E-state index in [9.17, 15) is 23.8 Å². The molecule has 0 aliphatic rings. The third kappa shape index (κ3) is 6.12. The summed E-state index contributed by atoms with van der Waals surface area (Å²) in [6.45, 7) is -0.383. The minimum absolute atomic E-state index is 0.110. The third-order valence-electron chi connectivity index (χ3n) is 4.63. The lowest BCUT2D eigenvalue weighted by Gasteiger charge is -2.27. The Kier molecular flexibility index (Phi) is 9.86. The molecule has 2 N–H and O–H groups in total. The van der Waals surface area contributed by atoms with E-state index in [1.165, 1.54) is 0 Å². The Morgan fingerprint density at radius 1 is 0.970 bits per heavy atom. The Labute approximate surface area is 208 Å². The van der Waals surface area contributed by atoms with E-state index in [4.69, 9.17) is 27.9 Å². The van der Waals surface area contributed by atoms with Gasteiger partial charge >= 0.3 is 5.97 Å². The Morgan fingerprint density at radius 3 is 1.88 bits per heavy atom. The minimum atomic E-state index is -2.48. The van der Waals surface area contributed by atoms with Crippen molar-refractivity contribution in [2.75, 3.05) is 12.4 Å². The van der Waals surface area contributed by atoms with E-state index >= 15 is 0 Å². The van der Waals surface area contributed by atoms with E-state index in [-0.39, 0.29) is 33.4 Å². The van der Waals surface area contributed by atoms with Crippen LogP contribution in [0.25, 0.3) is 5.57 Å². The molecule has 0 bridgehead atoms. The SMILES string of the molecule is CBr.O=C(OCC(=CO)c1ccccc1)C(O)(c1ccc(F)c(Cl)c1)c1ccc(F)c(Cl)c1. The Morgan fingerprint density at radius 2 is 1.45 bits per heavy atom. The van der Waals surface area contributed by atoms with Crippen molar-refractivity contribution in [3.63, 3.8) is 0 Å². The molecule has 3 aromatic rings. The second kappa shape index (κ2) is 12.1. The van der Waals surface area contributed by atoms with Crippen LogP contribution in [0.3, 0.4) is 0 Å². The van der Waals surface area contributed by atoms with Gasteiger partial charge in [-0.1, -0.05) is 81.6 Å². The van der Waals surface area contributed by atoms with Crippen LogP contribution in [0.1, 0.15) is 16.7 Å². The number of aliphatic hydroxyl groups is 2. The minimum Gasteiger partial charge on any atom is -0.515 e. The van der Waals surface area contributed by atoms with Crippen molar-refractivity contribution < 1.29 is 28.5 Å². The second-order valence-electron chi connectivity index (χ2n) is 6.56. The fourth-order valence-corrected chi connectivity index (χ4v) is 3.30. The predicted octanol–water partition coefficient (Wildman–Crippen LogP) is 6.66. The van der Waals surface area contributed by atoms with Gasteiger partial charge in [0, 0.05) is 16.7 Å². The highest BCUT2D eigenvalue weighted by Crippen LogP contribution is 2.35. The number of ether oxygens (including phenoxy) is 1. The zero-order chi connectivity index (χ0) is 24.6. The first-order chi connectivity index (χ1) is 15.8. The maximum atomic E-state index is 13.7. The lowest BCUT2D eigenvalue weighted by atomic mass is 9.86. The van der Waals surface area contributed by atoms with E-state index in [1.807, 2.05) is 5.83 Å². The zero-order valence-electron chi connectivity index (χ0n) is 17.2. The number of carbonyl (C=O) groups excluding carboxylic acids is 1. The molecule has 3 aromatic carbocycles. The van der Waals surface area contributed by atoms with E-state index in [0.29, 0.717) is 5.56 Å². The summed E-state index contributed by atoms with van der Waals surface area (Å²) in [4.78, 5) is 13.1. The highest BCUT2D eigenvalue weighted by atomic mass is 79.9. The van der Waals surface area contributed by atoms with Gasteiger partial charge in [0.05, 0.1) is 16.3 Å². The van der Waals surface area contributed by atoms with Crippen molar-refractivity contribution in [2.24, 2.45) is 0 Å². The normalized spacial score (nSPS) is 11.4. The van der Waals surface area contributed by atoms with Gasteiger partial charge in [-0.15, -0.1) is 0 Å². The topological polar surface area (TPSA) is 66.8 Å². The third-order valence-corrected chi connectivity index (χ3v) is 5.21. The van der Waals surface area contributed by atoms with Crippen LogP contribution in [0.2, 0.25) is 10.0 Å². The summed E-state index contributed by atoms with van der Waals surface area (Å²) in [5, 5.41) is 20.2. The molecule has 0 aliphatic carbocycles. The molecule has 0 saturated heterocycles. The monoisotopic (exact) mass is 558 g/mol. The fourth-order valence-electron chi connectivity index (χ4n) is 2.94. The van der Waals surface area contributed by atoms with Crippen LogP contribution in [0.15, 0.2) is 73.0 Å². The molecule has 0 aromatic heterocycles. The van der Waals surface area contributed by atoms with Crippen molar-refractivity contribution in [2.45, 2.75) is 5.60 Å². The van der Waals surface area contributed by atoms with E-state index < -0.39 is 23.2 Å². The number of aliphatic hydroxyl groups excluding tert-OH is 1. The smallest absolute Gasteiger partial charge is 0.348 e. The van der Waals surface area contributed by atoms with Crippen LogP contribution in [0.5, 0.6) is 0 Å². The summed E-state index contributed by atoms with van der Waals surface area (Å²) in [7, 11) is 0. The Hall–Kier alpha value is -2.45. The summed E-state index contributed by atoms with van der Waals surface area (Å²) in [5.41, 5.74) is -1.84. The molecule has 0 radical (unpaired) electrons. The molecule has 0 atom stereocenters. The van der Waals surface area contributed by atoms with Gasteiger partial charge in [-0.05, 0) is 35.7 Å². The molecule has 0 fully saturated rings. The van der Waals surface area contributed by atoms with Crippen LogP contribution < -0.4 is 0 Å². The molecule has 0 aliphatic heterocycles. The Bertz CT molecular complexity index is 1090. The predicted molar refractivity (Wildman–Crippen MR) is 129 cm³/mol. The summed E-state index contributed by atoms with van der Waals surface area (Å²) in [6.07, 6.45) is 0.783. The van der Waals surface area contributed by atoms with Crippen molar-refractivity contribution in [3.8, 4) is 0 Å². The molecule has 4 nitrogen and oxygen atoms in total. The van der Waals surface area contributed by atoms with Crippen molar-refractivity contribution >= 4 is 50.7 Å². The van der Waals surface area contributed by atoms with Gasteiger partial charge in [0.25, 0.3) is 0 Å². The standard InChI is InChI=1S/C23H16Cl2F2O4.CH3Br/c24-18-10-16(6-8-20(18)26)23(30,17-7-9-21(27)19(25)11-17)22(29)31-13-15(12-28)14-4-2-1-3-5-14;1-2/h1-12,28,30H,13H2;1H3. The number of alkyl halides is 1. The van der Waals surface area contributed by atoms with Gasteiger partial charge in [-0.25, -0.2) is 13.6 Å². The number of rotatable bonds is 6. The number of esters is 1. The summed E-state index contributed by atoms with van der Waals surface area (Å²) < 4.78 is 32.6. The van der Waals surface area contributed by atoms with Crippen LogP contribution in [-0.2, 0) is 15.1 Å². The highest BCUT2D eigenvalue weighted by Gasteiger charge is 2.42. The quantitative estimate of drug-likeness (QED) is 0.201. The van der Waals surface area contributed by atoms with E-state index in [0.717, 1.165) is 42.7 Å². The largest absolute Gasteiger partial charge is 0.515 e. The molecule has 9 heteroatoms. The van der Waals surface area contributed by atoms with E-state index in [1.54, 1.807) is 30.3 Å². The molecule has 174 valence electrons. The molecule has 0 saturated carbocycles. The number of hydrogen-bond acceptors (Lipinski definition) is 4. The number of hydrogen-bond donors (Lipinski definition) is 2. The van der Waals surface area contributed by atoms with Gasteiger partial charge in [-0.3, -0.25) is 0 Å². The van der Waals surface area contributed by atoms with Gasteiger partial charge in [-0.2, -0.15) is 0 Å². The first kappa shape index (κ1) is 26.8. The summed E-state index contributed by atoms with van der Waals surface area (Å²) >= 11 is 14.6. The maximum Gasteiger partial charge on any atom is 0.348 e.